The van der Waals surface area contributed by atoms with Gasteiger partial charge in [0.15, 0.2) is 0 Å². The molecule has 0 aromatic heterocycles. The zero-order chi connectivity index (χ0) is 12.8. The number of amidine groups is 1. The first-order valence-electron chi connectivity index (χ1n) is 5.12. The molecule has 6 nitrogen and oxygen atoms in total. The van der Waals surface area contributed by atoms with E-state index in [4.69, 9.17) is 15.9 Å². The molecule has 0 fully saturated rings. The van der Waals surface area contributed by atoms with E-state index in [2.05, 4.69) is 0 Å². The lowest BCUT2D eigenvalue weighted by Crippen LogP contribution is -2.41. The van der Waals surface area contributed by atoms with E-state index in [1.54, 1.807) is 13.8 Å². The Morgan fingerprint density at radius 1 is 1.50 bits per heavy atom. The van der Waals surface area contributed by atoms with Gasteiger partial charge in [-0.05, 0) is 13.8 Å². The van der Waals surface area contributed by atoms with Crippen molar-refractivity contribution in [2.24, 2.45) is 5.73 Å². The van der Waals surface area contributed by atoms with Crippen molar-refractivity contribution in [2.45, 2.75) is 26.3 Å². The highest BCUT2D eigenvalue weighted by molar-refractivity contribution is 7.89. The summed E-state index contributed by atoms with van der Waals surface area (Å²) in [6, 6.07) is -0.138. The van der Waals surface area contributed by atoms with Gasteiger partial charge in [-0.25, -0.2) is 8.42 Å². The van der Waals surface area contributed by atoms with Gasteiger partial charge in [0.25, 0.3) is 0 Å². The normalized spacial score (nSPS) is 12.3. The Kier molecular flexibility index (Phi) is 6.54. The number of nitrogens with one attached hydrogen (secondary N) is 1. The second kappa shape index (κ2) is 6.82. The van der Waals surface area contributed by atoms with Crippen molar-refractivity contribution in [2.75, 3.05) is 26.0 Å². The first kappa shape index (κ1) is 15.3. The highest BCUT2D eigenvalue weighted by atomic mass is 32.2. The van der Waals surface area contributed by atoms with Crippen LogP contribution in [0, 0.1) is 5.41 Å². The van der Waals surface area contributed by atoms with Crippen molar-refractivity contribution in [3.63, 3.8) is 0 Å². The van der Waals surface area contributed by atoms with Gasteiger partial charge in [-0.2, -0.15) is 4.31 Å². The van der Waals surface area contributed by atoms with Gasteiger partial charge in [0.1, 0.15) is 0 Å². The average Bonchev–Trinajstić information content (AvgIpc) is 2.13. The molecule has 0 rings (SSSR count). The lowest BCUT2D eigenvalue weighted by molar-refractivity contribution is 0.214. The van der Waals surface area contributed by atoms with E-state index in [-0.39, 0.29) is 37.2 Å². The van der Waals surface area contributed by atoms with E-state index in [1.807, 2.05) is 0 Å². The van der Waals surface area contributed by atoms with Gasteiger partial charge >= 0.3 is 0 Å². The van der Waals surface area contributed by atoms with Gasteiger partial charge in [0.05, 0.1) is 18.2 Å². The molecule has 0 aliphatic rings. The summed E-state index contributed by atoms with van der Waals surface area (Å²) in [5.41, 5.74) is 5.22. The fourth-order valence-electron chi connectivity index (χ4n) is 1.26. The van der Waals surface area contributed by atoms with Crippen LogP contribution >= 0.6 is 0 Å². The summed E-state index contributed by atoms with van der Waals surface area (Å²) in [4.78, 5) is 0. The Hall–Kier alpha value is -0.660. The minimum atomic E-state index is -3.32. The van der Waals surface area contributed by atoms with Gasteiger partial charge < -0.3 is 10.5 Å². The maximum atomic E-state index is 11.9. The second-order valence-electron chi connectivity index (χ2n) is 3.79. The first-order valence-corrected chi connectivity index (χ1v) is 6.73. The molecule has 0 aromatic carbocycles. The van der Waals surface area contributed by atoms with Gasteiger partial charge in [0, 0.05) is 26.1 Å². The lowest BCUT2D eigenvalue weighted by Gasteiger charge is -2.25. The molecular formula is C9H21N3O3S. The molecule has 0 bridgehead atoms. The van der Waals surface area contributed by atoms with Gasteiger partial charge in [0.2, 0.25) is 10.0 Å². The molecule has 0 aliphatic carbocycles. The monoisotopic (exact) mass is 251 g/mol. The van der Waals surface area contributed by atoms with Crippen LogP contribution in [0.1, 0.15) is 20.3 Å². The molecule has 0 saturated heterocycles. The van der Waals surface area contributed by atoms with Crippen molar-refractivity contribution < 1.29 is 13.2 Å². The number of rotatable bonds is 8. The van der Waals surface area contributed by atoms with Crippen LogP contribution in [0.25, 0.3) is 0 Å². The van der Waals surface area contributed by atoms with Crippen molar-refractivity contribution in [3.05, 3.63) is 0 Å². The van der Waals surface area contributed by atoms with E-state index < -0.39 is 10.0 Å². The third-order valence-corrected chi connectivity index (χ3v) is 4.08. The summed E-state index contributed by atoms with van der Waals surface area (Å²) in [5, 5.41) is 7.10. The molecular weight excluding hydrogens is 230 g/mol. The molecule has 96 valence electrons. The lowest BCUT2D eigenvalue weighted by atomic mass is 10.3. The molecule has 0 aromatic rings. The molecule has 0 atom stereocenters. The van der Waals surface area contributed by atoms with E-state index in [9.17, 15) is 8.42 Å². The quantitative estimate of drug-likeness (QED) is 0.469. The Morgan fingerprint density at radius 2 is 2.06 bits per heavy atom. The summed E-state index contributed by atoms with van der Waals surface area (Å²) in [6.45, 7) is 4.01. The van der Waals surface area contributed by atoms with Crippen molar-refractivity contribution in [1.82, 2.24) is 4.31 Å². The molecule has 0 radical (unpaired) electrons. The molecule has 0 aliphatic heterocycles. The zero-order valence-electron chi connectivity index (χ0n) is 10.1. The number of nitrogens with two attached hydrogens (primary N) is 1. The summed E-state index contributed by atoms with van der Waals surface area (Å²) in [6.07, 6.45) is 0.254. The van der Waals surface area contributed by atoms with Crippen molar-refractivity contribution in [1.29, 1.82) is 5.41 Å². The average molecular weight is 251 g/mol. The van der Waals surface area contributed by atoms with Crippen LogP contribution in [0.5, 0.6) is 0 Å². The SMILES string of the molecule is COCCS(=O)(=O)N(CCC(=N)N)C(C)C. The van der Waals surface area contributed by atoms with Crippen LogP contribution < -0.4 is 5.73 Å². The predicted octanol–water partition coefficient (Wildman–Crippen LogP) is -0.000930. The minimum Gasteiger partial charge on any atom is -0.388 e. The molecule has 3 N–H and O–H groups in total. The summed E-state index contributed by atoms with van der Waals surface area (Å²) in [5.74, 6) is -0.0489. The zero-order valence-corrected chi connectivity index (χ0v) is 10.9. The molecule has 16 heavy (non-hydrogen) atoms. The first-order chi connectivity index (χ1) is 7.31. The van der Waals surface area contributed by atoms with E-state index in [1.165, 1.54) is 11.4 Å². The molecule has 0 heterocycles. The largest absolute Gasteiger partial charge is 0.388 e. The second-order valence-corrected chi connectivity index (χ2v) is 5.83. The van der Waals surface area contributed by atoms with Crippen LogP contribution in [0.2, 0.25) is 0 Å². The van der Waals surface area contributed by atoms with Crippen LogP contribution in [-0.4, -0.2) is 50.6 Å². The standard InChI is InChI=1S/C9H21N3O3S/c1-8(2)12(5-4-9(10)11)16(13,14)7-6-15-3/h8H,4-7H2,1-3H3,(H3,10,11). The summed E-state index contributed by atoms with van der Waals surface area (Å²) in [7, 11) is -1.86. The number of nitrogens with zero attached hydrogens (tertiary/aromatic N) is 1. The highest BCUT2D eigenvalue weighted by Crippen LogP contribution is 2.08. The summed E-state index contributed by atoms with van der Waals surface area (Å²) < 4.78 is 29.9. The minimum absolute atomic E-state index is 0.00686. The van der Waals surface area contributed by atoms with E-state index in [0.717, 1.165) is 0 Å². The number of methoxy groups -OCH3 is 1. The van der Waals surface area contributed by atoms with Crippen LogP contribution in [0.3, 0.4) is 0 Å². The van der Waals surface area contributed by atoms with Gasteiger partial charge in [-0.1, -0.05) is 0 Å². The number of hydrogen-bond donors (Lipinski definition) is 2. The Balaban J connectivity index is 4.57. The predicted molar refractivity (Wildman–Crippen MR) is 64.0 cm³/mol. The Labute approximate surface area is 97.3 Å². The third kappa shape index (κ3) is 5.43. The number of ether oxygens (including phenoxy) is 1. The number of sulfonamides is 1. The van der Waals surface area contributed by atoms with E-state index in [0.29, 0.717) is 0 Å². The maximum absolute atomic E-state index is 11.9. The number of hydrogen-bond acceptors (Lipinski definition) is 4. The van der Waals surface area contributed by atoms with Crippen molar-refractivity contribution in [3.8, 4) is 0 Å². The van der Waals surface area contributed by atoms with Gasteiger partial charge in [-0.15, -0.1) is 0 Å². The smallest absolute Gasteiger partial charge is 0.216 e. The Bertz CT molecular complexity index is 314. The Morgan fingerprint density at radius 3 is 2.44 bits per heavy atom. The van der Waals surface area contributed by atoms with Crippen LogP contribution in [-0.2, 0) is 14.8 Å². The maximum Gasteiger partial charge on any atom is 0.216 e. The highest BCUT2D eigenvalue weighted by Gasteiger charge is 2.24. The molecule has 0 spiro atoms. The summed E-state index contributed by atoms with van der Waals surface area (Å²) >= 11 is 0. The van der Waals surface area contributed by atoms with Crippen LogP contribution in [0.4, 0.5) is 0 Å². The molecule has 0 saturated carbocycles. The molecule has 0 unspecified atom stereocenters. The fourth-order valence-corrected chi connectivity index (χ4v) is 2.88. The van der Waals surface area contributed by atoms with Crippen molar-refractivity contribution >= 4 is 15.9 Å². The van der Waals surface area contributed by atoms with E-state index >= 15 is 0 Å². The van der Waals surface area contributed by atoms with Gasteiger partial charge in [-0.3, -0.25) is 5.41 Å². The fraction of sp³-hybridized carbons (Fsp3) is 0.889. The van der Waals surface area contributed by atoms with Crippen LogP contribution in [0.15, 0.2) is 0 Å². The molecule has 7 heteroatoms. The topological polar surface area (TPSA) is 96.5 Å². The third-order valence-electron chi connectivity index (χ3n) is 2.08. The molecule has 0 amide bonds.